The number of nitrogens with two attached hydrogens (primary N) is 1. The molecule has 0 amide bonds. The Bertz CT molecular complexity index is 138. The van der Waals surface area contributed by atoms with Gasteiger partial charge in [-0.2, -0.15) is 0 Å². The molecule has 64 valence electrons. The summed E-state index contributed by atoms with van der Waals surface area (Å²) in [5.74, 6) is 7.15. The molecular weight excluding hydrogens is 138 g/mol. The Morgan fingerprint density at radius 1 is 1.64 bits per heavy atom. The average molecular weight is 155 g/mol. The molecule has 0 aliphatic heterocycles. The van der Waals surface area contributed by atoms with Crippen molar-refractivity contribution >= 4 is 5.84 Å². The Morgan fingerprint density at radius 3 is 2.82 bits per heavy atom. The van der Waals surface area contributed by atoms with Gasteiger partial charge in [0, 0.05) is 13.0 Å². The van der Waals surface area contributed by atoms with Crippen LogP contribution < -0.4 is 11.3 Å². The molecule has 1 fully saturated rings. The summed E-state index contributed by atoms with van der Waals surface area (Å²) < 4.78 is 0. The van der Waals surface area contributed by atoms with Gasteiger partial charge in [-0.1, -0.05) is 6.92 Å². The molecule has 1 rings (SSSR count). The van der Waals surface area contributed by atoms with Gasteiger partial charge in [-0.05, 0) is 25.2 Å². The van der Waals surface area contributed by atoms with E-state index in [1.54, 1.807) is 0 Å². The molecule has 3 nitrogen and oxygen atoms in total. The number of hydrazine groups is 1. The van der Waals surface area contributed by atoms with Crippen molar-refractivity contribution in [3.63, 3.8) is 0 Å². The van der Waals surface area contributed by atoms with Gasteiger partial charge in [0.1, 0.15) is 5.84 Å². The minimum atomic E-state index is 0.863. The summed E-state index contributed by atoms with van der Waals surface area (Å²) in [4.78, 5) is 4.32. The van der Waals surface area contributed by atoms with Crippen LogP contribution in [0.15, 0.2) is 4.99 Å². The fourth-order valence-corrected chi connectivity index (χ4v) is 1.01. The smallest absolute Gasteiger partial charge is 0.111 e. The van der Waals surface area contributed by atoms with Crippen molar-refractivity contribution in [3.05, 3.63) is 0 Å². The first-order valence-electron chi connectivity index (χ1n) is 4.36. The van der Waals surface area contributed by atoms with Crippen LogP contribution in [0.25, 0.3) is 0 Å². The number of aliphatic imine (C=N–C) groups is 1. The van der Waals surface area contributed by atoms with Crippen LogP contribution >= 0.6 is 0 Å². The zero-order valence-corrected chi connectivity index (χ0v) is 7.14. The Balaban J connectivity index is 2.21. The monoisotopic (exact) mass is 155 g/mol. The van der Waals surface area contributed by atoms with Crippen LogP contribution in [0, 0.1) is 5.92 Å². The van der Waals surface area contributed by atoms with Gasteiger partial charge in [0.25, 0.3) is 0 Å². The number of nitrogens with one attached hydrogen (secondary N) is 1. The minimum Gasteiger partial charge on any atom is -0.312 e. The molecule has 0 aromatic heterocycles. The maximum atomic E-state index is 5.31. The van der Waals surface area contributed by atoms with Gasteiger partial charge < -0.3 is 5.43 Å². The molecule has 11 heavy (non-hydrogen) atoms. The number of hydrogen-bond donors (Lipinski definition) is 2. The van der Waals surface area contributed by atoms with E-state index in [9.17, 15) is 0 Å². The fourth-order valence-electron chi connectivity index (χ4n) is 1.01. The predicted molar refractivity (Wildman–Crippen MR) is 47.3 cm³/mol. The number of hydrogen-bond acceptors (Lipinski definition) is 2. The lowest BCUT2D eigenvalue weighted by molar-refractivity contribution is 0.820. The van der Waals surface area contributed by atoms with Crippen LogP contribution in [0.5, 0.6) is 0 Å². The first-order valence-corrected chi connectivity index (χ1v) is 4.36. The Morgan fingerprint density at radius 2 is 2.36 bits per heavy atom. The quantitative estimate of drug-likeness (QED) is 0.276. The van der Waals surface area contributed by atoms with Gasteiger partial charge in [0.05, 0.1) is 0 Å². The predicted octanol–water partition coefficient (Wildman–Crippen LogP) is 1.06. The maximum Gasteiger partial charge on any atom is 0.111 e. The second-order valence-corrected chi connectivity index (χ2v) is 3.12. The van der Waals surface area contributed by atoms with Gasteiger partial charge in [0.2, 0.25) is 0 Å². The summed E-state index contributed by atoms with van der Waals surface area (Å²) in [5.41, 5.74) is 2.66. The molecule has 0 atom stereocenters. The van der Waals surface area contributed by atoms with Crippen LogP contribution in [-0.4, -0.2) is 12.4 Å². The third kappa shape index (κ3) is 3.37. The number of amidine groups is 1. The van der Waals surface area contributed by atoms with E-state index in [1.165, 1.54) is 12.8 Å². The van der Waals surface area contributed by atoms with Crippen LogP contribution in [0.1, 0.15) is 32.6 Å². The molecule has 1 saturated carbocycles. The Kier molecular flexibility index (Phi) is 3.36. The van der Waals surface area contributed by atoms with Gasteiger partial charge >= 0.3 is 0 Å². The molecule has 0 heterocycles. The normalized spacial score (nSPS) is 18.5. The summed E-state index contributed by atoms with van der Waals surface area (Å²) >= 11 is 0. The van der Waals surface area contributed by atoms with E-state index >= 15 is 0 Å². The highest BCUT2D eigenvalue weighted by Crippen LogP contribution is 2.32. The van der Waals surface area contributed by atoms with E-state index < -0.39 is 0 Å². The van der Waals surface area contributed by atoms with E-state index in [0.29, 0.717) is 0 Å². The van der Waals surface area contributed by atoms with E-state index in [-0.39, 0.29) is 0 Å². The van der Waals surface area contributed by atoms with E-state index in [1.807, 2.05) is 0 Å². The molecule has 0 bridgehead atoms. The highest BCUT2D eigenvalue weighted by molar-refractivity contribution is 5.82. The summed E-state index contributed by atoms with van der Waals surface area (Å²) in [6, 6.07) is 0. The van der Waals surface area contributed by atoms with Gasteiger partial charge in [-0.15, -0.1) is 0 Å². The van der Waals surface area contributed by atoms with Crippen LogP contribution in [0.3, 0.4) is 0 Å². The average Bonchev–Trinajstić information content (AvgIpc) is 2.81. The zero-order chi connectivity index (χ0) is 8.10. The highest BCUT2D eigenvalue weighted by Gasteiger charge is 2.22. The first kappa shape index (κ1) is 8.53. The van der Waals surface area contributed by atoms with Crippen molar-refractivity contribution in [2.24, 2.45) is 16.8 Å². The molecular formula is C8H17N3. The third-order valence-corrected chi connectivity index (χ3v) is 1.87. The summed E-state index contributed by atoms with van der Waals surface area (Å²) in [6.45, 7) is 3.01. The number of nitrogens with zero attached hydrogens (tertiary/aromatic N) is 1. The molecule has 3 N–H and O–H groups in total. The standard InChI is InChI=1S/C8H17N3/c1-2-5-10-8(11-9)6-7-3-4-7/h7H,2-6,9H2,1H3,(H,10,11). The molecule has 0 spiro atoms. The lowest BCUT2D eigenvalue weighted by Crippen LogP contribution is -2.30. The van der Waals surface area contributed by atoms with E-state index in [4.69, 9.17) is 5.84 Å². The summed E-state index contributed by atoms with van der Waals surface area (Å²) in [6.07, 6.45) is 4.85. The maximum absolute atomic E-state index is 5.31. The topological polar surface area (TPSA) is 50.4 Å². The van der Waals surface area contributed by atoms with Gasteiger partial charge in [-0.25, -0.2) is 5.84 Å². The first-order chi connectivity index (χ1) is 5.36. The molecule has 1 aliphatic carbocycles. The summed E-state index contributed by atoms with van der Waals surface area (Å²) in [7, 11) is 0. The Hall–Kier alpha value is -0.570. The molecule has 0 saturated heterocycles. The lowest BCUT2D eigenvalue weighted by Gasteiger charge is -2.02. The van der Waals surface area contributed by atoms with Crippen molar-refractivity contribution < 1.29 is 0 Å². The lowest BCUT2D eigenvalue weighted by atomic mass is 10.3. The van der Waals surface area contributed by atoms with Crippen molar-refractivity contribution in [2.75, 3.05) is 6.54 Å². The molecule has 1 aliphatic rings. The number of rotatable bonds is 4. The van der Waals surface area contributed by atoms with Gasteiger partial charge in [0.15, 0.2) is 0 Å². The Labute approximate surface area is 68.0 Å². The SMILES string of the molecule is CCCN=C(CC1CC1)NN. The van der Waals surface area contributed by atoms with Crippen molar-refractivity contribution in [1.29, 1.82) is 0 Å². The van der Waals surface area contributed by atoms with Crippen molar-refractivity contribution in [3.8, 4) is 0 Å². The molecule has 3 heteroatoms. The third-order valence-electron chi connectivity index (χ3n) is 1.87. The van der Waals surface area contributed by atoms with Crippen LogP contribution in [-0.2, 0) is 0 Å². The molecule has 0 unspecified atom stereocenters. The zero-order valence-electron chi connectivity index (χ0n) is 7.14. The van der Waals surface area contributed by atoms with Crippen molar-refractivity contribution in [2.45, 2.75) is 32.6 Å². The minimum absolute atomic E-state index is 0.863. The second kappa shape index (κ2) is 4.34. The van der Waals surface area contributed by atoms with E-state index in [0.717, 1.165) is 31.1 Å². The van der Waals surface area contributed by atoms with E-state index in [2.05, 4.69) is 17.3 Å². The highest BCUT2D eigenvalue weighted by atomic mass is 15.2. The summed E-state index contributed by atoms with van der Waals surface area (Å²) in [5, 5.41) is 0. The fraction of sp³-hybridized carbons (Fsp3) is 0.875. The van der Waals surface area contributed by atoms with Crippen LogP contribution in [0.2, 0.25) is 0 Å². The van der Waals surface area contributed by atoms with Crippen molar-refractivity contribution in [1.82, 2.24) is 5.43 Å². The van der Waals surface area contributed by atoms with Gasteiger partial charge in [-0.3, -0.25) is 4.99 Å². The second-order valence-electron chi connectivity index (χ2n) is 3.12. The molecule has 0 radical (unpaired) electrons. The molecule has 0 aromatic carbocycles. The molecule has 0 aromatic rings. The van der Waals surface area contributed by atoms with Crippen LogP contribution in [0.4, 0.5) is 0 Å². The largest absolute Gasteiger partial charge is 0.312 e.